The van der Waals surface area contributed by atoms with Gasteiger partial charge in [-0.25, -0.2) is 0 Å². The molecule has 0 spiro atoms. The first kappa shape index (κ1) is 13.0. The van der Waals surface area contributed by atoms with Crippen LogP contribution < -0.4 is 10.6 Å². The van der Waals surface area contributed by atoms with Crippen LogP contribution >= 0.6 is 0 Å². The number of anilines is 1. The molecule has 98 valence electrons. The number of Topliss-reactive ketones (excluding diaryl/α,β-unsaturated/α-hetero) is 1. The number of carbonyl (C=O) groups is 3. The summed E-state index contributed by atoms with van der Waals surface area (Å²) in [5.74, 6) is -1.16. The van der Waals surface area contributed by atoms with Crippen LogP contribution in [0.3, 0.4) is 0 Å². The first-order chi connectivity index (χ1) is 9.09. The molecule has 0 saturated carbocycles. The maximum atomic E-state index is 11.7. The second kappa shape index (κ2) is 5.48. The summed E-state index contributed by atoms with van der Waals surface area (Å²) in [6, 6.07) is 5.27. The highest BCUT2D eigenvalue weighted by atomic mass is 16.2. The Hall–Kier alpha value is -2.43. The van der Waals surface area contributed by atoms with Gasteiger partial charge in [0.2, 0.25) is 5.91 Å². The lowest BCUT2D eigenvalue weighted by molar-refractivity contribution is -0.119. The van der Waals surface area contributed by atoms with Gasteiger partial charge in [-0.2, -0.15) is 0 Å². The molecule has 0 aromatic heterocycles. The largest absolute Gasteiger partial charge is 0.356 e. The normalized spacial score (nSPS) is 13.5. The summed E-state index contributed by atoms with van der Waals surface area (Å²) in [6.45, 7) is 2.01. The van der Waals surface area contributed by atoms with E-state index in [1.54, 1.807) is 24.3 Å². The number of benzene rings is 1. The van der Waals surface area contributed by atoms with Gasteiger partial charge in [-0.15, -0.1) is 0 Å². The first-order valence-electron chi connectivity index (χ1n) is 5.99. The molecule has 5 nitrogen and oxygen atoms in total. The van der Waals surface area contributed by atoms with Crippen LogP contribution in [-0.4, -0.2) is 24.1 Å². The van der Waals surface area contributed by atoms with Crippen LogP contribution in [0.2, 0.25) is 0 Å². The van der Waals surface area contributed by atoms with Crippen molar-refractivity contribution >= 4 is 29.4 Å². The van der Waals surface area contributed by atoms with Crippen molar-refractivity contribution in [2.24, 2.45) is 0 Å². The number of hydrogen-bond donors (Lipinski definition) is 2. The zero-order valence-electron chi connectivity index (χ0n) is 10.5. The van der Waals surface area contributed by atoms with Gasteiger partial charge in [0.25, 0.3) is 11.7 Å². The molecule has 0 bridgehead atoms. The van der Waals surface area contributed by atoms with Crippen molar-refractivity contribution in [1.82, 2.24) is 5.32 Å². The van der Waals surface area contributed by atoms with Gasteiger partial charge in [-0.1, -0.05) is 24.3 Å². The van der Waals surface area contributed by atoms with E-state index in [2.05, 4.69) is 10.6 Å². The number of hydrogen-bond acceptors (Lipinski definition) is 3. The number of ketones is 1. The predicted octanol–water partition coefficient (Wildman–Crippen LogP) is 1.36. The molecule has 1 heterocycles. The molecule has 1 aliphatic heterocycles. The molecule has 2 N–H and O–H groups in total. The minimum absolute atomic E-state index is 0.0704. The summed E-state index contributed by atoms with van der Waals surface area (Å²) >= 11 is 0. The molecule has 1 aromatic carbocycles. The van der Waals surface area contributed by atoms with Gasteiger partial charge in [-0.05, 0) is 18.1 Å². The molecule has 19 heavy (non-hydrogen) atoms. The molecular weight excluding hydrogens is 244 g/mol. The third-order valence-electron chi connectivity index (χ3n) is 2.76. The van der Waals surface area contributed by atoms with E-state index in [-0.39, 0.29) is 5.91 Å². The highest BCUT2D eigenvalue weighted by Crippen LogP contribution is 2.27. The predicted molar refractivity (Wildman–Crippen MR) is 71.7 cm³/mol. The molecule has 0 saturated heterocycles. The van der Waals surface area contributed by atoms with Crippen molar-refractivity contribution in [2.75, 3.05) is 11.9 Å². The monoisotopic (exact) mass is 258 g/mol. The highest BCUT2D eigenvalue weighted by molar-refractivity contribution is 6.52. The quantitative estimate of drug-likeness (QED) is 0.632. The number of carbonyl (C=O) groups excluding carboxylic acids is 3. The summed E-state index contributed by atoms with van der Waals surface area (Å²) in [4.78, 5) is 33.7. The van der Waals surface area contributed by atoms with Crippen LogP contribution in [0.15, 0.2) is 24.3 Å². The number of nitrogens with one attached hydrogen (secondary N) is 2. The van der Waals surface area contributed by atoms with Gasteiger partial charge in [-0.3, -0.25) is 14.4 Å². The zero-order valence-corrected chi connectivity index (χ0v) is 10.5. The summed E-state index contributed by atoms with van der Waals surface area (Å²) in [7, 11) is 0. The third kappa shape index (κ3) is 2.88. The topological polar surface area (TPSA) is 75.3 Å². The Bertz CT molecular complexity index is 576. The minimum atomic E-state index is -0.589. The molecule has 2 rings (SSSR count). The van der Waals surface area contributed by atoms with E-state index in [0.717, 1.165) is 0 Å². The Labute approximate surface area is 110 Å². The fourth-order valence-electron chi connectivity index (χ4n) is 1.90. The summed E-state index contributed by atoms with van der Waals surface area (Å²) in [6.07, 6.45) is 4.32. The number of fused-ring (bicyclic) bond motifs is 1. The van der Waals surface area contributed by atoms with Crippen molar-refractivity contribution in [1.29, 1.82) is 0 Å². The van der Waals surface area contributed by atoms with Crippen LogP contribution in [0.4, 0.5) is 5.69 Å². The Morgan fingerprint density at radius 2 is 2.16 bits per heavy atom. The van der Waals surface area contributed by atoms with Crippen LogP contribution in [0.25, 0.3) is 6.08 Å². The molecule has 0 unspecified atom stereocenters. The Morgan fingerprint density at radius 3 is 2.89 bits per heavy atom. The van der Waals surface area contributed by atoms with E-state index in [1.165, 1.54) is 6.92 Å². The average Bonchev–Trinajstić information content (AvgIpc) is 2.65. The number of amides is 2. The maximum Gasteiger partial charge on any atom is 0.296 e. The van der Waals surface area contributed by atoms with Crippen LogP contribution in [0, 0.1) is 0 Å². The van der Waals surface area contributed by atoms with Gasteiger partial charge in [0.05, 0.1) is 11.3 Å². The van der Waals surface area contributed by atoms with Gasteiger partial charge in [0.15, 0.2) is 0 Å². The van der Waals surface area contributed by atoms with Crippen LogP contribution in [-0.2, 0) is 9.59 Å². The molecule has 5 heteroatoms. The lowest BCUT2D eigenvalue weighted by atomic mass is 10.0. The van der Waals surface area contributed by atoms with E-state index in [9.17, 15) is 14.4 Å². The number of rotatable bonds is 4. The van der Waals surface area contributed by atoms with Crippen molar-refractivity contribution in [3.63, 3.8) is 0 Å². The highest BCUT2D eigenvalue weighted by Gasteiger charge is 2.29. The summed E-state index contributed by atoms with van der Waals surface area (Å²) in [5.41, 5.74) is 1.69. The fourth-order valence-corrected chi connectivity index (χ4v) is 1.90. The fraction of sp³-hybridized carbons (Fsp3) is 0.214. The Kier molecular flexibility index (Phi) is 3.75. The van der Waals surface area contributed by atoms with E-state index >= 15 is 0 Å². The minimum Gasteiger partial charge on any atom is -0.356 e. The van der Waals surface area contributed by atoms with E-state index in [0.29, 0.717) is 29.8 Å². The molecule has 2 amide bonds. The van der Waals surface area contributed by atoms with E-state index in [1.807, 2.05) is 6.08 Å². The van der Waals surface area contributed by atoms with E-state index < -0.39 is 11.7 Å². The second-order valence-corrected chi connectivity index (χ2v) is 4.23. The second-order valence-electron chi connectivity index (χ2n) is 4.23. The van der Waals surface area contributed by atoms with E-state index in [4.69, 9.17) is 0 Å². The Morgan fingerprint density at radius 1 is 1.37 bits per heavy atom. The molecule has 0 aliphatic carbocycles. The Balaban J connectivity index is 2.08. The van der Waals surface area contributed by atoms with Crippen molar-refractivity contribution < 1.29 is 14.4 Å². The summed E-state index contributed by atoms with van der Waals surface area (Å²) < 4.78 is 0. The van der Waals surface area contributed by atoms with Crippen molar-refractivity contribution in [2.45, 2.75) is 13.3 Å². The molecule has 1 aliphatic rings. The molecular formula is C14H14N2O3. The SMILES string of the molecule is CC(=O)NCCC=Cc1cccc2c1C(=O)C(=O)N2. The van der Waals surface area contributed by atoms with Gasteiger partial charge < -0.3 is 10.6 Å². The lowest BCUT2D eigenvalue weighted by Crippen LogP contribution is -2.20. The smallest absolute Gasteiger partial charge is 0.296 e. The molecule has 1 aromatic rings. The van der Waals surface area contributed by atoms with Gasteiger partial charge >= 0.3 is 0 Å². The summed E-state index contributed by atoms with van der Waals surface area (Å²) in [5, 5.41) is 5.20. The van der Waals surface area contributed by atoms with Crippen LogP contribution in [0.1, 0.15) is 29.3 Å². The van der Waals surface area contributed by atoms with Crippen molar-refractivity contribution in [3.8, 4) is 0 Å². The first-order valence-corrected chi connectivity index (χ1v) is 5.99. The third-order valence-corrected chi connectivity index (χ3v) is 2.76. The zero-order chi connectivity index (χ0) is 13.8. The van der Waals surface area contributed by atoms with Crippen molar-refractivity contribution in [3.05, 3.63) is 35.4 Å². The maximum absolute atomic E-state index is 11.7. The standard InChI is InChI=1S/C14H14N2O3/c1-9(17)15-8-3-2-5-10-6-4-7-11-12(10)13(18)14(19)16-11/h2,4-7H,3,8H2,1H3,(H,15,17)(H,16,18,19). The van der Waals surface area contributed by atoms with Crippen LogP contribution in [0.5, 0.6) is 0 Å². The van der Waals surface area contributed by atoms with Gasteiger partial charge in [0.1, 0.15) is 0 Å². The molecule has 0 radical (unpaired) electrons. The molecule has 0 atom stereocenters. The van der Waals surface area contributed by atoms with Gasteiger partial charge in [0, 0.05) is 13.5 Å². The lowest BCUT2D eigenvalue weighted by Gasteiger charge is -2.01. The average molecular weight is 258 g/mol. The molecule has 0 fully saturated rings.